The number of aromatic nitrogens is 3. The van der Waals surface area contributed by atoms with E-state index in [0.717, 1.165) is 17.2 Å². The van der Waals surface area contributed by atoms with E-state index < -0.39 is 0 Å². The second-order valence-corrected chi connectivity index (χ2v) is 5.69. The van der Waals surface area contributed by atoms with Gasteiger partial charge in [-0.1, -0.05) is 30.3 Å². The standard InChI is InChI=1S/C16H24N4O2/c1-16(9-10-21,12-22-3)17-11-14-18-19-15(20(14)2)13-7-5-4-6-8-13/h4-8,17,21H,9-12H2,1-3H3. The van der Waals surface area contributed by atoms with Crippen LogP contribution in [0.3, 0.4) is 0 Å². The fourth-order valence-corrected chi connectivity index (χ4v) is 2.42. The van der Waals surface area contributed by atoms with Gasteiger partial charge in [-0.2, -0.15) is 0 Å². The van der Waals surface area contributed by atoms with Gasteiger partial charge in [-0.15, -0.1) is 10.2 Å². The number of ether oxygens (including phenoxy) is 1. The van der Waals surface area contributed by atoms with Crippen LogP contribution >= 0.6 is 0 Å². The number of methoxy groups -OCH3 is 1. The Hall–Kier alpha value is -1.76. The van der Waals surface area contributed by atoms with Crippen molar-refractivity contribution >= 4 is 0 Å². The molecular weight excluding hydrogens is 280 g/mol. The minimum absolute atomic E-state index is 0.112. The molecule has 6 nitrogen and oxygen atoms in total. The highest BCUT2D eigenvalue weighted by Crippen LogP contribution is 2.17. The predicted molar refractivity (Wildman–Crippen MR) is 85.3 cm³/mol. The van der Waals surface area contributed by atoms with Crippen molar-refractivity contribution in [2.24, 2.45) is 7.05 Å². The van der Waals surface area contributed by atoms with E-state index in [1.165, 1.54) is 0 Å². The van der Waals surface area contributed by atoms with Crippen molar-refractivity contribution in [3.05, 3.63) is 36.2 Å². The third-order valence-corrected chi connectivity index (χ3v) is 3.80. The molecule has 1 aromatic carbocycles. The second kappa shape index (κ2) is 7.49. The summed E-state index contributed by atoms with van der Waals surface area (Å²) in [5.41, 5.74) is 0.751. The lowest BCUT2D eigenvalue weighted by Gasteiger charge is -2.29. The van der Waals surface area contributed by atoms with Crippen molar-refractivity contribution in [1.29, 1.82) is 0 Å². The molecule has 1 heterocycles. The largest absolute Gasteiger partial charge is 0.396 e. The summed E-state index contributed by atoms with van der Waals surface area (Å²) in [7, 11) is 3.62. The summed E-state index contributed by atoms with van der Waals surface area (Å²) in [4.78, 5) is 0. The van der Waals surface area contributed by atoms with E-state index in [4.69, 9.17) is 4.74 Å². The Kier molecular flexibility index (Phi) is 5.65. The van der Waals surface area contributed by atoms with Crippen LogP contribution in [0.2, 0.25) is 0 Å². The fraction of sp³-hybridized carbons (Fsp3) is 0.500. The Morgan fingerprint density at radius 3 is 2.64 bits per heavy atom. The Bertz CT molecular complexity index is 577. The van der Waals surface area contributed by atoms with Gasteiger partial charge in [-0.25, -0.2) is 0 Å². The first-order valence-electron chi connectivity index (χ1n) is 7.38. The predicted octanol–water partition coefficient (Wildman–Crippen LogP) is 1.36. The Balaban J connectivity index is 2.10. The topological polar surface area (TPSA) is 72.2 Å². The van der Waals surface area contributed by atoms with Gasteiger partial charge in [0.15, 0.2) is 5.82 Å². The van der Waals surface area contributed by atoms with Crippen molar-refractivity contribution in [2.45, 2.75) is 25.4 Å². The van der Waals surface area contributed by atoms with Crippen LogP contribution in [-0.2, 0) is 18.3 Å². The summed E-state index contributed by atoms with van der Waals surface area (Å²) in [5, 5.41) is 21.1. The molecule has 1 aromatic heterocycles. The lowest BCUT2D eigenvalue weighted by Crippen LogP contribution is -2.46. The number of benzene rings is 1. The van der Waals surface area contributed by atoms with Crippen LogP contribution in [0.25, 0.3) is 11.4 Å². The molecule has 0 fully saturated rings. The second-order valence-electron chi connectivity index (χ2n) is 5.69. The van der Waals surface area contributed by atoms with Crippen LogP contribution in [0.4, 0.5) is 0 Å². The maximum absolute atomic E-state index is 9.20. The van der Waals surface area contributed by atoms with Crippen molar-refractivity contribution in [2.75, 3.05) is 20.3 Å². The van der Waals surface area contributed by atoms with Crippen molar-refractivity contribution < 1.29 is 9.84 Å². The van der Waals surface area contributed by atoms with Gasteiger partial charge in [0.25, 0.3) is 0 Å². The first kappa shape index (κ1) is 16.6. The van der Waals surface area contributed by atoms with E-state index in [1.54, 1.807) is 7.11 Å². The van der Waals surface area contributed by atoms with Crippen LogP contribution in [-0.4, -0.2) is 45.7 Å². The molecule has 0 aliphatic heterocycles. The molecule has 0 aliphatic rings. The minimum atomic E-state index is -0.289. The van der Waals surface area contributed by atoms with Crippen LogP contribution in [0.5, 0.6) is 0 Å². The molecule has 6 heteroatoms. The zero-order chi connectivity index (χ0) is 16.0. The number of nitrogens with one attached hydrogen (secondary N) is 1. The molecule has 0 bridgehead atoms. The van der Waals surface area contributed by atoms with Gasteiger partial charge in [0, 0.05) is 31.9 Å². The van der Waals surface area contributed by atoms with Crippen LogP contribution in [0.1, 0.15) is 19.2 Å². The lowest BCUT2D eigenvalue weighted by molar-refractivity contribution is 0.0963. The zero-order valence-corrected chi connectivity index (χ0v) is 13.4. The monoisotopic (exact) mass is 304 g/mol. The van der Waals surface area contributed by atoms with Gasteiger partial charge in [-0.05, 0) is 13.3 Å². The number of aliphatic hydroxyl groups is 1. The summed E-state index contributed by atoms with van der Waals surface area (Å²) in [5.74, 6) is 1.69. The van der Waals surface area contributed by atoms with Crippen LogP contribution in [0.15, 0.2) is 30.3 Å². The van der Waals surface area contributed by atoms with Gasteiger partial charge in [0.05, 0.1) is 13.2 Å². The van der Waals surface area contributed by atoms with E-state index >= 15 is 0 Å². The number of aliphatic hydroxyl groups excluding tert-OH is 1. The SMILES string of the molecule is COCC(C)(CCO)NCc1nnc(-c2ccccc2)n1C. The third-order valence-electron chi connectivity index (χ3n) is 3.80. The van der Waals surface area contributed by atoms with Gasteiger partial charge >= 0.3 is 0 Å². The molecule has 120 valence electrons. The maximum atomic E-state index is 9.20. The molecule has 0 radical (unpaired) electrons. The van der Waals surface area contributed by atoms with Crippen LogP contribution < -0.4 is 5.32 Å². The smallest absolute Gasteiger partial charge is 0.163 e. The normalized spacial score (nSPS) is 14.0. The Labute approximate surface area is 131 Å². The van der Waals surface area contributed by atoms with Crippen molar-refractivity contribution in [3.8, 4) is 11.4 Å². The fourth-order valence-electron chi connectivity index (χ4n) is 2.42. The maximum Gasteiger partial charge on any atom is 0.163 e. The van der Waals surface area contributed by atoms with Crippen LogP contribution in [0, 0.1) is 0 Å². The van der Waals surface area contributed by atoms with Gasteiger partial charge in [-0.3, -0.25) is 0 Å². The Morgan fingerprint density at radius 1 is 1.27 bits per heavy atom. The average Bonchev–Trinajstić information content (AvgIpc) is 2.88. The third kappa shape index (κ3) is 3.91. The molecule has 2 rings (SSSR count). The first-order chi connectivity index (χ1) is 10.6. The highest BCUT2D eigenvalue weighted by atomic mass is 16.5. The van der Waals surface area contributed by atoms with Gasteiger partial charge in [0.1, 0.15) is 5.82 Å². The molecule has 0 aliphatic carbocycles. The van der Waals surface area contributed by atoms with Crippen molar-refractivity contribution in [1.82, 2.24) is 20.1 Å². The molecular formula is C16H24N4O2. The van der Waals surface area contributed by atoms with Gasteiger partial charge < -0.3 is 19.7 Å². The molecule has 0 spiro atoms. The molecule has 1 atom stereocenters. The number of nitrogens with zero attached hydrogens (tertiary/aromatic N) is 3. The van der Waals surface area contributed by atoms with E-state index in [1.807, 2.05) is 48.9 Å². The highest BCUT2D eigenvalue weighted by molar-refractivity contribution is 5.54. The molecule has 2 aromatic rings. The van der Waals surface area contributed by atoms with E-state index in [-0.39, 0.29) is 12.1 Å². The summed E-state index contributed by atoms with van der Waals surface area (Å²) in [6.45, 7) is 3.23. The molecule has 0 saturated carbocycles. The van der Waals surface area contributed by atoms with E-state index in [0.29, 0.717) is 19.6 Å². The summed E-state index contributed by atoms with van der Waals surface area (Å²) >= 11 is 0. The van der Waals surface area contributed by atoms with E-state index in [9.17, 15) is 5.11 Å². The van der Waals surface area contributed by atoms with E-state index in [2.05, 4.69) is 15.5 Å². The minimum Gasteiger partial charge on any atom is -0.396 e. The first-order valence-corrected chi connectivity index (χ1v) is 7.38. The molecule has 0 saturated heterocycles. The quantitative estimate of drug-likeness (QED) is 0.770. The highest BCUT2D eigenvalue weighted by Gasteiger charge is 2.24. The summed E-state index contributed by atoms with van der Waals surface area (Å²) < 4.78 is 7.22. The summed E-state index contributed by atoms with van der Waals surface area (Å²) in [6, 6.07) is 9.98. The average molecular weight is 304 g/mol. The molecule has 22 heavy (non-hydrogen) atoms. The number of hydrogen-bond acceptors (Lipinski definition) is 5. The molecule has 0 amide bonds. The zero-order valence-electron chi connectivity index (χ0n) is 13.4. The lowest BCUT2D eigenvalue weighted by atomic mass is 9.99. The Morgan fingerprint density at radius 2 is 2.00 bits per heavy atom. The molecule has 2 N–H and O–H groups in total. The number of hydrogen-bond donors (Lipinski definition) is 2. The summed E-state index contributed by atoms with van der Waals surface area (Å²) in [6.07, 6.45) is 0.615. The number of rotatable bonds is 8. The van der Waals surface area contributed by atoms with Crippen molar-refractivity contribution in [3.63, 3.8) is 0 Å². The van der Waals surface area contributed by atoms with Gasteiger partial charge in [0.2, 0.25) is 0 Å². The molecule has 1 unspecified atom stereocenters.